The number of nitrogens with two attached hydrogens (primary N) is 2. The number of carbonyl (C=O) groups is 4. The van der Waals surface area contributed by atoms with Gasteiger partial charge in [-0.15, -0.1) is 0 Å². The van der Waals surface area contributed by atoms with Gasteiger partial charge in [-0.3, -0.25) is 19.2 Å². The summed E-state index contributed by atoms with van der Waals surface area (Å²) < 4.78 is 4.08. The summed E-state index contributed by atoms with van der Waals surface area (Å²) in [5.74, 6) is -3.40. The Morgan fingerprint density at radius 2 is 1.48 bits per heavy atom. The number of carboxylic acid groups (broad SMARTS) is 2. The Morgan fingerprint density at radius 3 is 1.74 bits per heavy atom. The minimum absolute atomic E-state index is 0.318. The number of aliphatic hydroxyl groups is 1. The molecule has 0 rings (SSSR count). The van der Waals surface area contributed by atoms with Crippen LogP contribution >= 0.6 is 0 Å². The Morgan fingerprint density at radius 1 is 1.00 bits per heavy atom. The van der Waals surface area contributed by atoms with Crippen LogP contribution in [0.1, 0.15) is 33.1 Å². The van der Waals surface area contributed by atoms with E-state index >= 15 is 0 Å². The molecule has 0 bridgehead atoms. The maximum Gasteiger partial charge on any atom is 0.327 e. The van der Waals surface area contributed by atoms with Crippen molar-refractivity contribution < 1.29 is 39.2 Å². The molecule has 10 nitrogen and oxygen atoms in total. The zero-order chi connectivity index (χ0) is 19.0. The van der Waals surface area contributed by atoms with Crippen molar-refractivity contribution in [2.24, 2.45) is 17.4 Å². The second-order valence-corrected chi connectivity index (χ2v) is 4.52. The van der Waals surface area contributed by atoms with Crippen LogP contribution in [0, 0.1) is 5.92 Å². The lowest BCUT2D eigenvalue weighted by Crippen LogP contribution is -2.31. The molecule has 0 fully saturated rings. The van der Waals surface area contributed by atoms with Gasteiger partial charge in [0.25, 0.3) is 0 Å². The van der Waals surface area contributed by atoms with Gasteiger partial charge in [-0.1, -0.05) is 13.8 Å². The van der Waals surface area contributed by atoms with E-state index in [9.17, 15) is 19.2 Å². The van der Waals surface area contributed by atoms with Crippen LogP contribution in [-0.2, 0) is 23.9 Å². The summed E-state index contributed by atoms with van der Waals surface area (Å²) in [6.07, 6.45) is -0.118. The quantitative estimate of drug-likeness (QED) is 0.282. The lowest BCUT2D eigenvalue weighted by atomic mass is 10.1. The summed E-state index contributed by atoms with van der Waals surface area (Å²) in [5.41, 5.74) is 10.1. The molecule has 0 radical (unpaired) electrons. The average molecular weight is 338 g/mol. The molecular weight excluding hydrogens is 312 g/mol. The third-order valence-electron chi connectivity index (χ3n) is 1.98. The van der Waals surface area contributed by atoms with Crippen LogP contribution in [-0.4, -0.2) is 58.9 Å². The summed E-state index contributed by atoms with van der Waals surface area (Å²) in [7, 11) is 1.00. The molecule has 0 saturated heterocycles. The van der Waals surface area contributed by atoms with Crippen LogP contribution in [0.4, 0.5) is 0 Å². The second-order valence-electron chi connectivity index (χ2n) is 4.52. The zero-order valence-corrected chi connectivity index (χ0v) is 13.5. The van der Waals surface area contributed by atoms with Crippen LogP contribution in [0.25, 0.3) is 0 Å². The molecule has 136 valence electrons. The first-order chi connectivity index (χ1) is 10.6. The number of aliphatic carboxylic acids is 2. The SMILES string of the molecule is CC(C)C[C@H](N)C(=O)O.CO.NCC(=O)OC(=O)CCC(=O)O. The fourth-order valence-electron chi connectivity index (χ4n) is 1.04. The van der Waals surface area contributed by atoms with Crippen LogP contribution in [0.5, 0.6) is 0 Å². The van der Waals surface area contributed by atoms with E-state index in [0.29, 0.717) is 12.3 Å². The van der Waals surface area contributed by atoms with E-state index in [1.807, 2.05) is 13.8 Å². The third-order valence-corrected chi connectivity index (χ3v) is 1.98. The topological polar surface area (TPSA) is 190 Å². The number of rotatable bonds is 7. The van der Waals surface area contributed by atoms with Crippen LogP contribution in [0.3, 0.4) is 0 Å². The van der Waals surface area contributed by atoms with E-state index < -0.39 is 36.5 Å². The highest BCUT2D eigenvalue weighted by Gasteiger charge is 2.12. The second kappa shape index (κ2) is 16.3. The van der Waals surface area contributed by atoms with E-state index in [2.05, 4.69) is 4.74 Å². The molecule has 7 N–H and O–H groups in total. The summed E-state index contributed by atoms with van der Waals surface area (Å²) in [4.78, 5) is 41.0. The van der Waals surface area contributed by atoms with Gasteiger partial charge in [0.15, 0.2) is 0 Å². The summed E-state index contributed by atoms with van der Waals surface area (Å²) in [5, 5.41) is 23.4. The molecule has 0 aromatic heterocycles. The predicted molar refractivity (Wildman–Crippen MR) is 80.2 cm³/mol. The van der Waals surface area contributed by atoms with Gasteiger partial charge in [-0.25, -0.2) is 0 Å². The van der Waals surface area contributed by atoms with Crippen molar-refractivity contribution in [3.05, 3.63) is 0 Å². The van der Waals surface area contributed by atoms with Gasteiger partial charge >= 0.3 is 23.9 Å². The first kappa shape index (κ1) is 25.9. The summed E-state index contributed by atoms with van der Waals surface area (Å²) >= 11 is 0. The minimum atomic E-state index is -1.12. The van der Waals surface area contributed by atoms with Crippen molar-refractivity contribution in [3.8, 4) is 0 Å². The number of aliphatic hydroxyl groups excluding tert-OH is 1. The molecule has 0 aromatic carbocycles. The maximum atomic E-state index is 10.6. The molecule has 0 heterocycles. The number of hydrogen-bond donors (Lipinski definition) is 5. The summed E-state index contributed by atoms with van der Waals surface area (Å²) in [6.45, 7) is 3.50. The molecule has 0 aliphatic rings. The van der Waals surface area contributed by atoms with Gasteiger partial charge in [0.2, 0.25) is 0 Å². The molecule has 10 heteroatoms. The fourth-order valence-corrected chi connectivity index (χ4v) is 1.04. The van der Waals surface area contributed by atoms with Crippen molar-refractivity contribution in [1.29, 1.82) is 0 Å². The molecule has 0 spiro atoms. The van der Waals surface area contributed by atoms with E-state index in [1.165, 1.54) is 0 Å². The van der Waals surface area contributed by atoms with Crippen molar-refractivity contribution in [1.82, 2.24) is 0 Å². The number of hydrogen-bond acceptors (Lipinski definition) is 8. The molecule has 0 aliphatic heterocycles. The van der Waals surface area contributed by atoms with Crippen LogP contribution in [0.15, 0.2) is 0 Å². The smallest absolute Gasteiger partial charge is 0.327 e. The molecule has 0 amide bonds. The Hall–Kier alpha value is -2.04. The van der Waals surface area contributed by atoms with Crippen molar-refractivity contribution in [2.45, 2.75) is 39.2 Å². The van der Waals surface area contributed by atoms with E-state index in [4.69, 9.17) is 26.8 Å². The standard InChI is InChI=1S/C6H9NO5.C6H13NO2.CH4O/c7-3-6(11)12-5(10)2-1-4(8)9;1-4(2)3-5(7)6(8)9;1-2/h1-3,7H2,(H,8,9);4-5H,3,7H2,1-2H3,(H,8,9);2H,1H3/t;5-;/m.0./s1. The van der Waals surface area contributed by atoms with Crippen molar-refractivity contribution >= 4 is 23.9 Å². The van der Waals surface area contributed by atoms with Gasteiger partial charge in [0, 0.05) is 7.11 Å². The molecular formula is C13H26N2O8. The minimum Gasteiger partial charge on any atom is -0.481 e. The number of ether oxygens (including phenoxy) is 1. The predicted octanol–water partition coefficient (Wildman–Crippen LogP) is -1.07. The third kappa shape index (κ3) is 22.4. The number of carboxylic acids is 2. The maximum absolute atomic E-state index is 10.6. The number of carbonyl (C=O) groups excluding carboxylic acids is 2. The monoisotopic (exact) mass is 338 g/mol. The molecule has 0 aromatic rings. The fraction of sp³-hybridized carbons (Fsp3) is 0.692. The lowest BCUT2D eigenvalue weighted by Gasteiger charge is -2.07. The highest BCUT2D eigenvalue weighted by molar-refractivity contribution is 5.87. The zero-order valence-electron chi connectivity index (χ0n) is 13.5. The van der Waals surface area contributed by atoms with Crippen LogP contribution < -0.4 is 11.5 Å². The molecule has 23 heavy (non-hydrogen) atoms. The highest BCUT2D eigenvalue weighted by Crippen LogP contribution is 2.01. The Kier molecular flexibility index (Phi) is 18.4. The van der Waals surface area contributed by atoms with Crippen molar-refractivity contribution in [3.63, 3.8) is 0 Å². The van der Waals surface area contributed by atoms with Crippen LogP contribution in [0.2, 0.25) is 0 Å². The van der Waals surface area contributed by atoms with Gasteiger partial charge in [0.1, 0.15) is 6.04 Å². The first-order valence-electron chi connectivity index (χ1n) is 6.68. The molecule has 0 aliphatic carbocycles. The van der Waals surface area contributed by atoms with E-state index in [1.54, 1.807) is 0 Å². The van der Waals surface area contributed by atoms with E-state index in [0.717, 1.165) is 7.11 Å². The van der Waals surface area contributed by atoms with Crippen molar-refractivity contribution in [2.75, 3.05) is 13.7 Å². The van der Waals surface area contributed by atoms with Gasteiger partial charge in [-0.05, 0) is 12.3 Å². The van der Waals surface area contributed by atoms with Gasteiger partial charge < -0.3 is 31.5 Å². The Balaban J connectivity index is -0.000000324. The van der Waals surface area contributed by atoms with E-state index in [-0.39, 0.29) is 12.8 Å². The lowest BCUT2D eigenvalue weighted by molar-refractivity contribution is -0.160. The molecule has 0 unspecified atom stereocenters. The normalized spacial score (nSPS) is 10.4. The summed E-state index contributed by atoms with van der Waals surface area (Å²) in [6, 6.07) is -0.690. The Labute approximate surface area is 134 Å². The van der Waals surface area contributed by atoms with Gasteiger partial charge in [-0.2, -0.15) is 0 Å². The first-order valence-corrected chi connectivity index (χ1v) is 6.68. The average Bonchev–Trinajstić information content (AvgIpc) is 2.47. The highest BCUT2D eigenvalue weighted by atomic mass is 16.6. The Bertz CT molecular complexity index is 371. The largest absolute Gasteiger partial charge is 0.481 e. The molecule has 0 saturated carbocycles. The van der Waals surface area contributed by atoms with Gasteiger partial charge in [0.05, 0.1) is 19.4 Å². The number of esters is 2. The molecule has 1 atom stereocenters.